The Morgan fingerprint density at radius 1 is 1.06 bits per heavy atom. The molecule has 0 spiro atoms. The van der Waals surface area contributed by atoms with E-state index in [1.54, 1.807) is 35.4 Å². The van der Waals surface area contributed by atoms with Gasteiger partial charge < -0.3 is 10.6 Å². The lowest BCUT2D eigenvalue weighted by molar-refractivity contribution is -0.134. The first-order valence-electron chi connectivity index (χ1n) is 9.91. The van der Waals surface area contributed by atoms with Gasteiger partial charge in [-0.1, -0.05) is 29.8 Å². The predicted molar refractivity (Wildman–Crippen MR) is 127 cm³/mol. The van der Waals surface area contributed by atoms with Gasteiger partial charge in [-0.15, -0.1) is 11.3 Å². The second-order valence-electron chi connectivity index (χ2n) is 7.65. The number of piperazine rings is 1. The van der Waals surface area contributed by atoms with E-state index in [-0.39, 0.29) is 23.2 Å². The van der Waals surface area contributed by atoms with Crippen molar-refractivity contribution in [3.05, 3.63) is 65.3 Å². The summed E-state index contributed by atoms with van der Waals surface area (Å²) in [5, 5.41) is 3.19. The topological polar surface area (TPSA) is 96.6 Å². The van der Waals surface area contributed by atoms with E-state index in [0.717, 1.165) is 37.8 Å². The van der Waals surface area contributed by atoms with Gasteiger partial charge in [0.05, 0.1) is 6.54 Å². The molecule has 10 heteroatoms. The normalized spacial score (nSPS) is 15.7. The molecule has 2 N–H and O–H groups in total. The van der Waals surface area contributed by atoms with Crippen molar-refractivity contribution >= 4 is 65.5 Å². The highest BCUT2D eigenvalue weighted by Gasteiger charge is 2.33. The van der Waals surface area contributed by atoms with E-state index in [1.165, 1.54) is 4.31 Å². The van der Waals surface area contributed by atoms with E-state index in [0.29, 0.717) is 23.9 Å². The molecule has 0 unspecified atom stereocenters. The number of hydrogen-bond acceptors (Lipinski definition) is 6. The molecular weight excluding hydrogens is 468 g/mol. The number of halogens is 1. The average molecular weight is 487 g/mol. The van der Waals surface area contributed by atoms with Crippen molar-refractivity contribution in [3.63, 3.8) is 0 Å². The molecule has 2 aromatic heterocycles. The molecule has 0 bridgehead atoms. The molecule has 0 aliphatic carbocycles. The number of anilines is 1. The minimum Gasteiger partial charge on any atom is -0.383 e. The predicted octanol–water partition coefficient (Wildman–Crippen LogP) is 3.72. The van der Waals surface area contributed by atoms with Crippen LogP contribution in [0.15, 0.2) is 58.9 Å². The van der Waals surface area contributed by atoms with Crippen LogP contribution >= 0.6 is 22.9 Å². The number of rotatable bonds is 4. The summed E-state index contributed by atoms with van der Waals surface area (Å²) in [6.07, 6.45) is 1.65. The van der Waals surface area contributed by atoms with Crippen molar-refractivity contribution in [2.45, 2.75) is 10.8 Å². The van der Waals surface area contributed by atoms with E-state index in [2.05, 4.69) is 4.98 Å². The summed E-state index contributed by atoms with van der Waals surface area (Å²) in [5.74, 6) is 0.241. The van der Waals surface area contributed by atoms with Crippen molar-refractivity contribution in [2.24, 2.45) is 0 Å². The molecule has 1 fully saturated rings. The van der Waals surface area contributed by atoms with Crippen LogP contribution in [0.3, 0.4) is 0 Å². The van der Waals surface area contributed by atoms with Gasteiger partial charge in [-0.3, -0.25) is 4.79 Å². The van der Waals surface area contributed by atoms with E-state index in [9.17, 15) is 13.2 Å². The number of aromatic nitrogens is 1. The zero-order valence-corrected chi connectivity index (χ0v) is 19.3. The van der Waals surface area contributed by atoms with Crippen LogP contribution in [0.4, 0.5) is 5.82 Å². The lowest BCUT2D eigenvalue weighted by atomic mass is 10.1. The summed E-state index contributed by atoms with van der Waals surface area (Å²) in [6, 6.07) is 14.6. The Hall–Kier alpha value is -2.72. The van der Waals surface area contributed by atoms with Crippen molar-refractivity contribution in [2.75, 3.05) is 25.4 Å². The standard InChI is InChI=1S/C22H19ClN4O3S2/c23-17-3-2-16-10-21(31-19(16)11-17)32(29,30)27-8-7-26(20(28)13-27)12-14-1-4-18-15(9-14)5-6-25-22(18)24/h1-6,9-11H,7-8,12-13H2,(H2,24,25). The first-order chi connectivity index (χ1) is 15.3. The number of nitrogen functional groups attached to an aromatic ring is 1. The molecule has 5 rings (SSSR count). The number of amides is 1. The van der Waals surface area contributed by atoms with E-state index in [1.807, 2.05) is 24.3 Å². The Morgan fingerprint density at radius 2 is 1.91 bits per heavy atom. The number of thiophene rings is 1. The number of sulfonamides is 1. The summed E-state index contributed by atoms with van der Waals surface area (Å²) in [5.41, 5.74) is 6.86. The SMILES string of the molecule is Nc1nccc2cc(CN3CCN(S(=O)(=O)c4cc5ccc(Cl)cc5s4)CC3=O)ccc12. The van der Waals surface area contributed by atoms with Crippen LogP contribution in [0.5, 0.6) is 0 Å². The smallest absolute Gasteiger partial charge is 0.253 e. The maximum absolute atomic E-state index is 13.1. The molecular formula is C22H19ClN4O3S2. The molecule has 7 nitrogen and oxygen atoms in total. The van der Waals surface area contributed by atoms with Crippen LogP contribution < -0.4 is 5.73 Å². The van der Waals surface area contributed by atoms with E-state index < -0.39 is 10.0 Å². The fraction of sp³-hybridized carbons (Fsp3) is 0.182. The summed E-state index contributed by atoms with van der Waals surface area (Å²) in [4.78, 5) is 18.6. The molecule has 32 heavy (non-hydrogen) atoms. The molecule has 164 valence electrons. The lowest BCUT2D eigenvalue weighted by Gasteiger charge is -2.33. The number of nitrogens with zero attached hydrogens (tertiary/aromatic N) is 3. The Kier molecular flexibility index (Phi) is 5.29. The van der Waals surface area contributed by atoms with Crippen molar-refractivity contribution < 1.29 is 13.2 Å². The minimum atomic E-state index is -3.76. The molecule has 3 heterocycles. The van der Waals surface area contributed by atoms with Gasteiger partial charge in [0.15, 0.2) is 0 Å². The third kappa shape index (κ3) is 3.81. The Morgan fingerprint density at radius 3 is 2.72 bits per heavy atom. The highest BCUT2D eigenvalue weighted by molar-refractivity contribution is 7.91. The maximum Gasteiger partial charge on any atom is 0.253 e. The second-order valence-corrected chi connectivity index (χ2v) is 11.3. The summed E-state index contributed by atoms with van der Waals surface area (Å²) < 4.78 is 28.6. The van der Waals surface area contributed by atoms with Gasteiger partial charge in [0.25, 0.3) is 10.0 Å². The summed E-state index contributed by atoms with van der Waals surface area (Å²) in [7, 11) is -3.76. The number of hydrogen-bond donors (Lipinski definition) is 1. The van der Waals surface area contributed by atoms with Crippen LogP contribution in [0.2, 0.25) is 5.02 Å². The van der Waals surface area contributed by atoms with Gasteiger partial charge in [-0.05, 0) is 46.7 Å². The van der Waals surface area contributed by atoms with Crippen LogP contribution in [-0.4, -0.2) is 48.1 Å². The Bertz CT molecular complexity index is 1470. The number of carbonyl (C=O) groups excluding carboxylic acids is 1. The van der Waals surface area contributed by atoms with Crippen molar-refractivity contribution in [3.8, 4) is 0 Å². The number of pyridine rings is 1. The van der Waals surface area contributed by atoms with Crippen molar-refractivity contribution in [1.29, 1.82) is 0 Å². The van der Waals surface area contributed by atoms with Gasteiger partial charge in [-0.25, -0.2) is 13.4 Å². The molecule has 1 aliphatic heterocycles. The summed E-state index contributed by atoms with van der Waals surface area (Å²) >= 11 is 7.18. The van der Waals surface area contributed by atoms with Gasteiger partial charge >= 0.3 is 0 Å². The largest absolute Gasteiger partial charge is 0.383 e. The minimum absolute atomic E-state index is 0.179. The Labute approximate surface area is 194 Å². The first kappa shape index (κ1) is 21.1. The van der Waals surface area contributed by atoms with Gasteiger partial charge in [0, 0.05) is 40.9 Å². The Balaban J connectivity index is 1.32. The molecule has 0 atom stereocenters. The number of benzene rings is 2. The fourth-order valence-electron chi connectivity index (χ4n) is 3.86. The molecule has 1 amide bonds. The maximum atomic E-state index is 13.1. The molecule has 1 saturated heterocycles. The second kappa shape index (κ2) is 8.00. The highest BCUT2D eigenvalue weighted by atomic mass is 35.5. The molecule has 1 aliphatic rings. The number of carbonyl (C=O) groups is 1. The van der Waals surface area contributed by atoms with Gasteiger partial charge in [0.2, 0.25) is 5.91 Å². The third-order valence-corrected chi connectivity index (χ3v) is 9.20. The summed E-state index contributed by atoms with van der Waals surface area (Å²) in [6.45, 7) is 0.799. The van der Waals surface area contributed by atoms with E-state index >= 15 is 0 Å². The van der Waals surface area contributed by atoms with Crippen molar-refractivity contribution in [1.82, 2.24) is 14.2 Å². The van der Waals surface area contributed by atoms with Gasteiger partial charge in [0.1, 0.15) is 10.0 Å². The quantitative estimate of drug-likeness (QED) is 0.474. The molecule has 0 saturated carbocycles. The zero-order valence-electron chi connectivity index (χ0n) is 16.9. The first-order valence-corrected chi connectivity index (χ1v) is 12.5. The van der Waals surface area contributed by atoms with Crippen LogP contribution in [0.1, 0.15) is 5.56 Å². The monoisotopic (exact) mass is 486 g/mol. The number of fused-ring (bicyclic) bond motifs is 2. The average Bonchev–Trinajstić information content (AvgIpc) is 3.19. The highest BCUT2D eigenvalue weighted by Crippen LogP contribution is 2.33. The van der Waals surface area contributed by atoms with Crippen LogP contribution in [0, 0.1) is 0 Å². The molecule has 0 radical (unpaired) electrons. The lowest BCUT2D eigenvalue weighted by Crippen LogP contribution is -2.51. The number of nitrogens with two attached hydrogens (primary N) is 1. The molecule has 2 aromatic carbocycles. The van der Waals surface area contributed by atoms with Crippen LogP contribution in [0.25, 0.3) is 20.9 Å². The van der Waals surface area contributed by atoms with E-state index in [4.69, 9.17) is 17.3 Å². The van der Waals surface area contributed by atoms with Crippen LogP contribution in [-0.2, 0) is 21.4 Å². The van der Waals surface area contributed by atoms with Gasteiger partial charge in [-0.2, -0.15) is 4.31 Å². The molecule has 4 aromatic rings. The fourth-order valence-corrected chi connectivity index (χ4v) is 7.07. The zero-order chi connectivity index (χ0) is 22.5. The third-order valence-electron chi connectivity index (χ3n) is 5.57.